The number of piperazine rings is 1. The standard InChI is InChI=1S/C29H52N4O2/c1-2-32-21-23-33(24-22-32)28-19-18-27(26-31-28)29(35)30-20-16-14-12-10-8-6-4-3-5-7-9-11-13-15-17-25-34/h18-19,26,34H,2-17,20-25H2,1H3,(H,30,35). The monoisotopic (exact) mass is 488 g/mol. The van der Waals surface area contributed by atoms with E-state index in [1.54, 1.807) is 6.20 Å². The molecule has 1 amide bonds. The average Bonchev–Trinajstić information content (AvgIpc) is 2.90. The van der Waals surface area contributed by atoms with Crippen LogP contribution in [-0.4, -0.2) is 66.8 Å². The second-order valence-electron chi connectivity index (χ2n) is 10.1. The molecule has 1 aliphatic rings. The fraction of sp³-hybridized carbons (Fsp3) is 0.793. The number of carbonyl (C=O) groups excluding carboxylic acids is 1. The molecule has 0 aliphatic carbocycles. The van der Waals surface area contributed by atoms with Gasteiger partial charge in [0, 0.05) is 45.5 Å². The number of aliphatic hydroxyl groups excluding tert-OH is 1. The Labute approximate surface area is 214 Å². The predicted molar refractivity (Wildman–Crippen MR) is 147 cm³/mol. The van der Waals surface area contributed by atoms with Crippen LogP contribution in [0.15, 0.2) is 18.3 Å². The highest BCUT2D eigenvalue weighted by atomic mass is 16.2. The van der Waals surface area contributed by atoms with Crippen LogP contribution >= 0.6 is 0 Å². The van der Waals surface area contributed by atoms with Crippen LogP contribution < -0.4 is 10.2 Å². The summed E-state index contributed by atoms with van der Waals surface area (Å²) in [5.74, 6) is 0.965. The molecule has 0 radical (unpaired) electrons. The number of anilines is 1. The summed E-state index contributed by atoms with van der Waals surface area (Å²) in [7, 11) is 0. The molecular formula is C29H52N4O2. The lowest BCUT2D eigenvalue weighted by Crippen LogP contribution is -2.46. The number of hydrogen-bond acceptors (Lipinski definition) is 5. The van der Waals surface area contributed by atoms with Gasteiger partial charge in [-0.15, -0.1) is 0 Å². The van der Waals surface area contributed by atoms with Crippen LogP contribution in [0.25, 0.3) is 0 Å². The molecule has 1 aliphatic heterocycles. The number of aromatic nitrogens is 1. The highest BCUT2D eigenvalue weighted by molar-refractivity contribution is 5.94. The number of rotatable bonds is 20. The molecule has 6 heteroatoms. The lowest BCUT2D eigenvalue weighted by molar-refractivity contribution is 0.0952. The van der Waals surface area contributed by atoms with Gasteiger partial charge < -0.3 is 20.2 Å². The van der Waals surface area contributed by atoms with Crippen LogP contribution in [-0.2, 0) is 0 Å². The zero-order chi connectivity index (χ0) is 25.0. The van der Waals surface area contributed by atoms with Gasteiger partial charge in [0.05, 0.1) is 5.56 Å². The van der Waals surface area contributed by atoms with Gasteiger partial charge in [0.15, 0.2) is 0 Å². The number of aliphatic hydroxyl groups is 1. The Hall–Kier alpha value is -1.66. The molecule has 2 N–H and O–H groups in total. The Kier molecular flexibility index (Phi) is 16.5. The van der Waals surface area contributed by atoms with Crippen molar-refractivity contribution < 1.29 is 9.90 Å². The van der Waals surface area contributed by atoms with Gasteiger partial charge in [-0.3, -0.25) is 4.79 Å². The number of carbonyl (C=O) groups is 1. The number of amides is 1. The molecule has 0 saturated carbocycles. The first-order valence-corrected chi connectivity index (χ1v) is 14.6. The van der Waals surface area contributed by atoms with Crippen molar-refractivity contribution in [3.8, 4) is 0 Å². The lowest BCUT2D eigenvalue weighted by Gasteiger charge is -2.34. The first kappa shape index (κ1) is 29.6. The predicted octanol–water partition coefficient (Wildman–Crippen LogP) is 5.80. The molecule has 2 heterocycles. The molecule has 0 aromatic carbocycles. The lowest BCUT2D eigenvalue weighted by atomic mass is 10.0. The van der Waals surface area contributed by atoms with E-state index >= 15 is 0 Å². The molecule has 2 rings (SSSR count). The summed E-state index contributed by atoms with van der Waals surface area (Å²) in [5, 5.41) is 11.8. The Morgan fingerprint density at radius 1 is 0.800 bits per heavy atom. The number of hydrogen-bond donors (Lipinski definition) is 2. The van der Waals surface area contributed by atoms with Gasteiger partial charge in [-0.1, -0.05) is 90.4 Å². The fourth-order valence-electron chi connectivity index (χ4n) is 4.84. The Balaban J connectivity index is 1.39. The van der Waals surface area contributed by atoms with Gasteiger partial charge >= 0.3 is 0 Å². The smallest absolute Gasteiger partial charge is 0.252 e. The molecule has 0 spiro atoms. The fourth-order valence-corrected chi connectivity index (χ4v) is 4.84. The van der Waals surface area contributed by atoms with Crippen molar-refractivity contribution in [2.75, 3.05) is 50.8 Å². The highest BCUT2D eigenvalue weighted by Gasteiger charge is 2.17. The number of likely N-dealkylation sites (N-methyl/N-ethyl adjacent to an activating group) is 1. The molecule has 1 aromatic heterocycles. The minimum absolute atomic E-state index is 0.00925. The quantitative estimate of drug-likeness (QED) is 0.227. The van der Waals surface area contributed by atoms with Gasteiger partial charge in [0.1, 0.15) is 5.82 Å². The minimum Gasteiger partial charge on any atom is -0.396 e. The van der Waals surface area contributed by atoms with Crippen molar-refractivity contribution in [2.45, 2.75) is 103 Å². The summed E-state index contributed by atoms with van der Waals surface area (Å²) >= 11 is 0. The van der Waals surface area contributed by atoms with Crippen LogP contribution in [0.2, 0.25) is 0 Å². The van der Waals surface area contributed by atoms with Crippen molar-refractivity contribution >= 4 is 11.7 Å². The Bertz CT molecular complexity index is 645. The van der Waals surface area contributed by atoms with Crippen LogP contribution in [0, 0.1) is 0 Å². The van der Waals surface area contributed by atoms with E-state index in [9.17, 15) is 4.79 Å². The van der Waals surface area contributed by atoms with Crippen LogP contribution in [0.3, 0.4) is 0 Å². The van der Waals surface area contributed by atoms with E-state index in [0.717, 1.165) is 57.9 Å². The largest absolute Gasteiger partial charge is 0.396 e. The van der Waals surface area contributed by atoms with E-state index in [2.05, 4.69) is 27.0 Å². The molecule has 1 saturated heterocycles. The highest BCUT2D eigenvalue weighted by Crippen LogP contribution is 2.15. The number of nitrogens with one attached hydrogen (secondary N) is 1. The molecule has 1 aromatic rings. The number of pyridine rings is 1. The second kappa shape index (κ2) is 19.5. The van der Waals surface area contributed by atoms with Gasteiger partial charge in [-0.2, -0.15) is 0 Å². The Morgan fingerprint density at radius 3 is 1.77 bits per heavy atom. The van der Waals surface area contributed by atoms with Gasteiger partial charge in [-0.05, 0) is 31.5 Å². The first-order valence-electron chi connectivity index (χ1n) is 14.6. The third-order valence-corrected chi connectivity index (χ3v) is 7.27. The zero-order valence-electron chi connectivity index (χ0n) is 22.5. The van der Waals surface area contributed by atoms with Crippen molar-refractivity contribution in [3.05, 3.63) is 23.9 Å². The summed E-state index contributed by atoms with van der Waals surface area (Å²) < 4.78 is 0. The SMILES string of the molecule is CCN1CCN(c2ccc(C(=O)NCCCCCCCCCCCCCCCCCO)cn2)CC1. The van der Waals surface area contributed by atoms with Gasteiger partial charge in [-0.25, -0.2) is 4.98 Å². The van der Waals surface area contributed by atoms with Gasteiger partial charge in [0.2, 0.25) is 0 Å². The summed E-state index contributed by atoms with van der Waals surface area (Å²) in [6, 6.07) is 3.89. The number of nitrogens with zero attached hydrogens (tertiary/aromatic N) is 3. The van der Waals surface area contributed by atoms with Gasteiger partial charge in [0.25, 0.3) is 5.91 Å². The van der Waals surface area contributed by atoms with Crippen LogP contribution in [0.5, 0.6) is 0 Å². The minimum atomic E-state index is -0.00925. The van der Waals surface area contributed by atoms with Crippen LogP contribution in [0.1, 0.15) is 114 Å². The zero-order valence-corrected chi connectivity index (χ0v) is 22.5. The van der Waals surface area contributed by atoms with Crippen molar-refractivity contribution in [1.82, 2.24) is 15.2 Å². The summed E-state index contributed by atoms with van der Waals surface area (Å²) in [4.78, 5) is 21.7. The molecule has 35 heavy (non-hydrogen) atoms. The van der Waals surface area contributed by atoms with Crippen molar-refractivity contribution in [3.63, 3.8) is 0 Å². The Morgan fingerprint density at radius 2 is 1.31 bits per heavy atom. The average molecular weight is 489 g/mol. The topological polar surface area (TPSA) is 68.7 Å². The van der Waals surface area contributed by atoms with E-state index in [-0.39, 0.29) is 5.91 Å². The third-order valence-electron chi connectivity index (χ3n) is 7.27. The molecular weight excluding hydrogens is 436 g/mol. The first-order chi connectivity index (χ1) is 17.2. The van der Waals surface area contributed by atoms with Crippen molar-refractivity contribution in [1.29, 1.82) is 0 Å². The normalized spacial score (nSPS) is 14.4. The van der Waals surface area contributed by atoms with E-state index < -0.39 is 0 Å². The van der Waals surface area contributed by atoms with E-state index in [1.807, 2.05) is 12.1 Å². The maximum Gasteiger partial charge on any atom is 0.252 e. The molecule has 200 valence electrons. The second-order valence-corrected chi connectivity index (χ2v) is 10.1. The molecule has 6 nitrogen and oxygen atoms in total. The van der Waals surface area contributed by atoms with Crippen LogP contribution in [0.4, 0.5) is 5.82 Å². The molecule has 0 bridgehead atoms. The maximum atomic E-state index is 12.4. The third kappa shape index (κ3) is 13.3. The van der Waals surface area contributed by atoms with E-state index in [4.69, 9.17) is 5.11 Å². The van der Waals surface area contributed by atoms with E-state index in [1.165, 1.54) is 83.5 Å². The maximum absolute atomic E-state index is 12.4. The molecule has 1 fully saturated rings. The summed E-state index contributed by atoms with van der Waals surface area (Å²) in [6.45, 7) is 8.56. The molecule has 0 atom stereocenters. The molecule has 0 unspecified atom stereocenters. The van der Waals surface area contributed by atoms with Crippen molar-refractivity contribution in [2.24, 2.45) is 0 Å². The van der Waals surface area contributed by atoms with E-state index in [0.29, 0.717) is 12.2 Å². The summed E-state index contributed by atoms with van der Waals surface area (Å²) in [6.07, 6.45) is 20.9. The summed E-state index contributed by atoms with van der Waals surface area (Å²) in [5.41, 5.74) is 0.655. The number of unbranched alkanes of at least 4 members (excludes halogenated alkanes) is 14.